The van der Waals surface area contributed by atoms with E-state index in [1.807, 2.05) is 0 Å². The first-order valence-electron chi connectivity index (χ1n) is 25.7. The zero-order valence-corrected chi connectivity index (χ0v) is 42.9. The molecule has 390 valence electrons. The van der Waals surface area contributed by atoms with Crippen LogP contribution in [-0.2, 0) is 14.8 Å². The van der Waals surface area contributed by atoms with Gasteiger partial charge in [-0.3, -0.25) is 19.8 Å². The third-order valence-corrected chi connectivity index (χ3v) is 17.6. The molecule has 3 aromatic carbocycles. The number of nitro benzene ring substituents is 1. The van der Waals surface area contributed by atoms with Gasteiger partial charge in [-0.1, -0.05) is 38.1 Å². The second kappa shape index (κ2) is 20.0. The monoisotopic (exact) mass is 1020 g/mol. The number of amides is 1. The van der Waals surface area contributed by atoms with Crippen molar-refractivity contribution in [3.05, 3.63) is 99.5 Å². The molecule has 2 saturated carbocycles. The molecule has 0 bridgehead atoms. The van der Waals surface area contributed by atoms with Gasteiger partial charge >= 0.3 is 0 Å². The number of aromatic amines is 1. The number of likely N-dealkylation sites (tertiary alicyclic amines) is 1. The molecule has 2 saturated heterocycles. The van der Waals surface area contributed by atoms with Gasteiger partial charge in [-0.25, -0.2) is 17.5 Å². The maximum absolute atomic E-state index is 15.1. The Bertz CT molecular complexity index is 2990. The number of methoxy groups -OCH3 is 1. The lowest BCUT2D eigenvalue weighted by Crippen LogP contribution is -2.54. The summed E-state index contributed by atoms with van der Waals surface area (Å²) in [4.78, 5) is 37.9. The molecule has 5 aliphatic rings. The van der Waals surface area contributed by atoms with Crippen molar-refractivity contribution in [1.82, 2.24) is 19.6 Å². The van der Waals surface area contributed by atoms with Crippen LogP contribution in [0.3, 0.4) is 0 Å². The summed E-state index contributed by atoms with van der Waals surface area (Å²) in [6.45, 7) is 10.9. The number of hydrogen-bond acceptors (Lipinski definition) is 14. The van der Waals surface area contributed by atoms with E-state index in [1.165, 1.54) is 43.2 Å². The highest BCUT2D eigenvalue weighted by atomic mass is 32.2. The Hall–Kier alpha value is -6.02. The molecule has 73 heavy (non-hydrogen) atoms. The number of pyridine rings is 1. The number of H-pyrrole nitrogens is 1. The van der Waals surface area contributed by atoms with E-state index in [0.29, 0.717) is 43.7 Å². The van der Waals surface area contributed by atoms with Crippen molar-refractivity contribution in [2.24, 2.45) is 11.3 Å². The minimum atomic E-state index is -4.78. The van der Waals surface area contributed by atoms with E-state index >= 15 is 4.39 Å². The first kappa shape index (κ1) is 50.5. The Balaban J connectivity index is 0.904. The number of aromatic nitrogens is 2. The molecule has 2 aliphatic carbocycles. The number of ether oxygens (including phenoxy) is 4. The summed E-state index contributed by atoms with van der Waals surface area (Å²) in [7, 11) is -3.25. The van der Waals surface area contributed by atoms with E-state index in [-0.39, 0.29) is 82.1 Å². The van der Waals surface area contributed by atoms with Gasteiger partial charge < -0.3 is 39.3 Å². The number of carbonyl (C=O) groups excluding carboxylic acids is 1. The lowest BCUT2D eigenvalue weighted by Gasteiger charge is -2.56. The Morgan fingerprint density at radius 3 is 2.51 bits per heavy atom. The van der Waals surface area contributed by atoms with E-state index in [2.05, 4.69) is 67.9 Å². The highest BCUT2D eigenvalue weighted by Crippen LogP contribution is 2.54. The third-order valence-electron chi connectivity index (χ3n) is 16.3. The average Bonchev–Trinajstić information content (AvgIpc) is 4.00. The maximum atomic E-state index is 15.1. The Morgan fingerprint density at radius 2 is 1.78 bits per heavy atom. The Labute approximate surface area is 425 Å². The fourth-order valence-corrected chi connectivity index (χ4v) is 12.9. The predicted molar refractivity (Wildman–Crippen MR) is 274 cm³/mol. The topological polar surface area (TPSA) is 211 Å². The molecule has 3 atom stereocenters. The molecule has 19 heteroatoms. The van der Waals surface area contributed by atoms with Gasteiger partial charge in [0.2, 0.25) is 0 Å². The highest BCUT2D eigenvalue weighted by Gasteiger charge is 2.50. The molecular formula is C54H66FN7O10S. The van der Waals surface area contributed by atoms with Crippen molar-refractivity contribution in [1.29, 1.82) is 0 Å². The van der Waals surface area contributed by atoms with Gasteiger partial charge in [0.25, 0.3) is 27.5 Å². The van der Waals surface area contributed by atoms with Gasteiger partial charge in [0.15, 0.2) is 17.2 Å². The van der Waals surface area contributed by atoms with Gasteiger partial charge in [0.05, 0.1) is 38.5 Å². The number of fused-ring (bicyclic) bond motifs is 2. The lowest BCUT2D eigenvalue weighted by molar-refractivity contribution is -0.384. The number of carbonyl (C=O) groups is 1. The number of benzene rings is 3. The lowest BCUT2D eigenvalue weighted by atomic mass is 9.59. The van der Waals surface area contributed by atoms with Crippen LogP contribution >= 0.6 is 0 Å². The van der Waals surface area contributed by atoms with Gasteiger partial charge in [-0.05, 0) is 125 Å². The van der Waals surface area contributed by atoms with E-state index in [4.69, 9.17) is 18.9 Å². The summed E-state index contributed by atoms with van der Waals surface area (Å²) in [6, 6.07) is 17.9. The van der Waals surface area contributed by atoms with E-state index in [0.717, 1.165) is 69.3 Å². The molecule has 1 spiro atoms. The minimum absolute atomic E-state index is 0.0254. The molecule has 17 nitrogen and oxygen atoms in total. The number of nitrogens with one attached hydrogen (secondary N) is 3. The molecule has 0 radical (unpaired) electrons. The second-order valence-electron chi connectivity index (χ2n) is 21.6. The van der Waals surface area contributed by atoms with Crippen LogP contribution in [0.2, 0.25) is 0 Å². The molecule has 1 unspecified atom stereocenters. The minimum Gasteiger partial charge on any atom is -0.489 e. The van der Waals surface area contributed by atoms with Crippen LogP contribution in [0.25, 0.3) is 11.0 Å². The summed E-state index contributed by atoms with van der Waals surface area (Å²) in [5.41, 5.74) is 2.59. The van der Waals surface area contributed by atoms with Gasteiger partial charge in [-0.15, -0.1) is 0 Å². The number of hydrogen-bond donors (Lipinski definition) is 4. The molecule has 2 aromatic heterocycles. The van der Waals surface area contributed by atoms with Crippen LogP contribution in [-0.4, -0.2) is 103 Å². The number of aliphatic hydroxyl groups is 1. The number of rotatable bonds is 15. The first-order chi connectivity index (χ1) is 34.9. The zero-order valence-electron chi connectivity index (χ0n) is 42.1. The van der Waals surface area contributed by atoms with Crippen molar-refractivity contribution < 1.29 is 46.6 Å². The molecule has 1 amide bonds. The van der Waals surface area contributed by atoms with Crippen LogP contribution in [0.15, 0.2) is 71.8 Å². The van der Waals surface area contributed by atoms with E-state index in [1.54, 1.807) is 26.0 Å². The molecule has 5 aromatic rings. The number of anilines is 2. The van der Waals surface area contributed by atoms with E-state index < -0.39 is 42.9 Å². The van der Waals surface area contributed by atoms with E-state index in [9.17, 15) is 28.4 Å². The largest absolute Gasteiger partial charge is 0.489 e. The fraction of sp³-hybridized carbons (Fsp3) is 0.519. The summed E-state index contributed by atoms with van der Waals surface area (Å²) in [5, 5.41) is 26.3. The molecule has 5 heterocycles. The van der Waals surface area contributed by atoms with Crippen LogP contribution in [0.5, 0.6) is 23.1 Å². The Morgan fingerprint density at radius 1 is 1.03 bits per heavy atom. The number of sulfonamides is 1. The number of piperidine rings is 1. The zero-order chi connectivity index (χ0) is 51.4. The summed E-state index contributed by atoms with van der Waals surface area (Å²) < 4.78 is 69.4. The third kappa shape index (κ3) is 10.3. The van der Waals surface area contributed by atoms with Crippen LogP contribution in [0.4, 0.5) is 21.5 Å². The first-order valence-corrected chi connectivity index (χ1v) is 27.1. The smallest absolute Gasteiger partial charge is 0.297 e. The molecule has 4 N–H and O–H groups in total. The Kier molecular flexibility index (Phi) is 13.8. The molecular weight excluding hydrogens is 958 g/mol. The van der Waals surface area contributed by atoms with Crippen molar-refractivity contribution in [3.63, 3.8) is 0 Å². The standard InChI is InChI=1S/C54H66FN7O10S/c1-32(2)38-9-6-7-10-39(38)44-11-8-20-61(44)36-27-54(28-36)18-21-60(22-19-54)35-12-13-40(46(23-35)72-48-26-41-42(55)29-56-50(41)58-52(48)71-30-33(3)69-5)51(63)59-73(67,68)37-24-45(62(65)66)49-47(25-37)70-31-43(57-49)34-14-16-53(4,64)17-15-34/h6-7,9-10,12-13,23-26,29,32-34,36,43-44,57,64H,8,11,14-22,27-28,30-31H2,1-5H3,(H,56,58)(H,59,63)/t33?,34?,43-,44-,53?/m1/s1. The van der Waals surface area contributed by atoms with Crippen molar-refractivity contribution in [3.8, 4) is 23.1 Å². The van der Waals surface area contributed by atoms with Crippen LogP contribution in [0, 0.1) is 27.3 Å². The summed E-state index contributed by atoms with van der Waals surface area (Å²) in [5.74, 6) is -1.31. The van der Waals surface area contributed by atoms with Crippen molar-refractivity contribution in [2.45, 2.75) is 133 Å². The van der Waals surface area contributed by atoms with Gasteiger partial charge in [-0.2, -0.15) is 4.98 Å². The fourth-order valence-electron chi connectivity index (χ4n) is 11.9. The molecule has 4 fully saturated rings. The average molecular weight is 1020 g/mol. The quantitative estimate of drug-likeness (QED) is 0.0568. The molecule has 3 aliphatic heterocycles. The van der Waals surface area contributed by atoms with Gasteiger partial charge in [0, 0.05) is 68.4 Å². The highest BCUT2D eigenvalue weighted by molar-refractivity contribution is 7.90. The summed E-state index contributed by atoms with van der Waals surface area (Å²) >= 11 is 0. The van der Waals surface area contributed by atoms with Crippen LogP contribution in [0.1, 0.15) is 125 Å². The normalized spacial score (nSPS) is 23.6. The maximum Gasteiger partial charge on any atom is 0.297 e. The van der Waals surface area contributed by atoms with Gasteiger partial charge in [0.1, 0.15) is 30.4 Å². The van der Waals surface area contributed by atoms with Crippen LogP contribution < -0.4 is 29.1 Å². The number of nitro groups is 1. The molecule has 10 rings (SSSR count). The van der Waals surface area contributed by atoms with Crippen molar-refractivity contribution in [2.75, 3.05) is 50.2 Å². The van der Waals surface area contributed by atoms with Crippen molar-refractivity contribution >= 4 is 44.0 Å². The second-order valence-corrected chi connectivity index (χ2v) is 23.3. The number of halogens is 1. The SMILES string of the molecule is COC(C)COc1nc2[nH]cc(F)c2cc1Oc1cc(N2CCC3(CC2)CC(N2CCC[C@@H]2c2ccccc2C(C)C)C3)ccc1C(=O)NS(=O)(=O)c1cc2c(c([N+](=O)[O-])c1)N[C@@H](C1CCC(C)(O)CC1)CO2. The number of nitrogens with zero attached hydrogens (tertiary/aromatic N) is 4. The summed E-state index contributed by atoms with van der Waals surface area (Å²) in [6.07, 6.45) is 9.92. The predicted octanol–water partition coefficient (Wildman–Crippen LogP) is 9.76.